The van der Waals surface area contributed by atoms with Crippen LogP contribution in [-0.2, 0) is 14.8 Å². The van der Waals surface area contributed by atoms with Crippen LogP contribution in [-0.4, -0.2) is 13.5 Å². The standard InChI is InChI=1S/C7H6Cl2O3S/c8-7-3-6(10)2-1-5(7)4-13(9,11)12/h1-3,10H,4H2. The zero-order chi connectivity index (χ0) is 10.1. The van der Waals surface area contributed by atoms with E-state index < -0.39 is 9.05 Å². The molecule has 1 aromatic rings. The van der Waals surface area contributed by atoms with Crippen LogP contribution in [0.4, 0.5) is 0 Å². The fourth-order valence-electron chi connectivity index (χ4n) is 0.839. The molecule has 0 saturated carbocycles. The summed E-state index contributed by atoms with van der Waals surface area (Å²) in [5, 5.41) is 9.15. The lowest BCUT2D eigenvalue weighted by molar-refractivity contribution is 0.475. The molecule has 0 spiro atoms. The van der Waals surface area contributed by atoms with Crippen molar-refractivity contribution in [3.05, 3.63) is 28.8 Å². The van der Waals surface area contributed by atoms with Crippen molar-refractivity contribution in [3.8, 4) is 5.75 Å². The average molecular weight is 241 g/mol. The first-order chi connectivity index (χ1) is 5.88. The van der Waals surface area contributed by atoms with Crippen LogP contribution in [0, 0.1) is 0 Å². The fourth-order valence-corrected chi connectivity index (χ4v) is 2.14. The molecule has 0 bridgehead atoms. The predicted molar refractivity (Wildman–Crippen MR) is 51.6 cm³/mol. The minimum atomic E-state index is -3.61. The summed E-state index contributed by atoms with van der Waals surface area (Å²) < 4.78 is 21.4. The monoisotopic (exact) mass is 240 g/mol. The van der Waals surface area contributed by atoms with E-state index in [0.29, 0.717) is 5.56 Å². The second-order valence-corrected chi connectivity index (χ2v) is 5.64. The molecule has 1 N–H and O–H groups in total. The molecule has 0 fully saturated rings. The summed E-state index contributed by atoms with van der Waals surface area (Å²) in [7, 11) is 1.42. The van der Waals surface area contributed by atoms with Crippen molar-refractivity contribution in [2.75, 3.05) is 0 Å². The maximum atomic E-state index is 10.7. The van der Waals surface area contributed by atoms with Crippen molar-refractivity contribution < 1.29 is 13.5 Å². The van der Waals surface area contributed by atoms with Crippen LogP contribution in [0.1, 0.15) is 5.56 Å². The van der Waals surface area contributed by atoms with E-state index in [1.807, 2.05) is 0 Å². The highest BCUT2D eigenvalue weighted by Gasteiger charge is 2.10. The van der Waals surface area contributed by atoms with Crippen LogP contribution in [0.3, 0.4) is 0 Å². The lowest BCUT2D eigenvalue weighted by Gasteiger charge is -2.01. The molecular formula is C7H6Cl2O3S. The van der Waals surface area contributed by atoms with Gasteiger partial charge in [0.2, 0.25) is 9.05 Å². The van der Waals surface area contributed by atoms with Crippen LogP contribution in [0.5, 0.6) is 5.75 Å². The average Bonchev–Trinajstić information content (AvgIpc) is 1.93. The van der Waals surface area contributed by atoms with Crippen molar-refractivity contribution in [2.24, 2.45) is 0 Å². The summed E-state index contributed by atoms with van der Waals surface area (Å²) in [5.74, 6) is -0.353. The van der Waals surface area contributed by atoms with Gasteiger partial charge in [-0.15, -0.1) is 0 Å². The van der Waals surface area contributed by atoms with Gasteiger partial charge in [-0.3, -0.25) is 0 Å². The lowest BCUT2D eigenvalue weighted by atomic mass is 10.2. The van der Waals surface area contributed by atoms with E-state index >= 15 is 0 Å². The third-order valence-corrected chi connectivity index (χ3v) is 2.70. The SMILES string of the molecule is O=S(=O)(Cl)Cc1ccc(O)cc1Cl. The van der Waals surface area contributed by atoms with E-state index in [0.717, 1.165) is 0 Å². The van der Waals surface area contributed by atoms with Crippen LogP contribution in [0.25, 0.3) is 0 Å². The van der Waals surface area contributed by atoms with Gasteiger partial charge in [0.15, 0.2) is 0 Å². The van der Waals surface area contributed by atoms with Gasteiger partial charge in [-0.2, -0.15) is 0 Å². The number of rotatable bonds is 2. The van der Waals surface area contributed by atoms with Crippen LogP contribution < -0.4 is 0 Å². The van der Waals surface area contributed by atoms with Gasteiger partial charge < -0.3 is 5.11 Å². The number of halogens is 2. The summed E-state index contributed by atoms with van der Waals surface area (Å²) >= 11 is 5.65. The number of hydrogen-bond acceptors (Lipinski definition) is 3. The molecule has 72 valence electrons. The molecule has 1 aromatic carbocycles. The Morgan fingerprint density at radius 2 is 2.00 bits per heavy atom. The molecule has 0 radical (unpaired) electrons. The third kappa shape index (κ3) is 3.42. The molecule has 0 heterocycles. The number of hydrogen-bond donors (Lipinski definition) is 1. The zero-order valence-electron chi connectivity index (χ0n) is 6.37. The molecular weight excluding hydrogens is 235 g/mol. The van der Waals surface area contributed by atoms with Crippen molar-refractivity contribution in [1.29, 1.82) is 0 Å². The summed E-state index contributed by atoms with van der Waals surface area (Å²) in [4.78, 5) is 0. The van der Waals surface area contributed by atoms with Crippen molar-refractivity contribution >= 4 is 31.3 Å². The Morgan fingerprint density at radius 1 is 1.38 bits per heavy atom. The predicted octanol–water partition coefficient (Wildman–Crippen LogP) is 2.11. The molecule has 0 unspecified atom stereocenters. The van der Waals surface area contributed by atoms with E-state index in [4.69, 9.17) is 27.4 Å². The number of phenolic OH excluding ortho intramolecular Hbond substituents is 1. The Kier molecular flexibility index (Phi) is 3.05. The highest BCUT2D eigenvalue weighted by Crippen LogP contribution is 2.23. The first kappa shape index (κ1) is 10.6. The van der Waals surface area contributed by atoms with E-state index in [-0.39, 0.29) is 16.5 Å². The highest BCUT2D eigenvalue weighted by molar-refractivity contribution is 8.13. The summed E-state index contributed by atoms with van der Waals surface area (Å²) in [6.07, 6.45) is 0. The minimum Gasteiger partial charge on any atom is -0.508 e. The Balaban J connectivity index is 3.04. The van der Waals surface area contributed by atoms with E-state index in [9.17, 15) is 8.42 Å². The molecule has 1 rings (SSSR count). The van der Waals surface area contributed by atoms with Crippen LogP contribution >= 0.6 is 22.3 Å². The second kappa shape index (κ2) is 3.74. The number of phenols is 1. The van der Waals surface area contributed by atoms with E-state index in [2.05, 4.69) is 0 Å². The van der Waals surface area contributed by atoms with Gasteiger partial charge in [0, 0.05) is 15.7 Å². The molecule has 6 heteroatoms. The molecule has 0 saturated heterocycles. The van der Waals surface area contributed by atoms with Gasteiger partial charge in [0.1, 0.15) is 5.75 Å². The normalized spacial score (nSPS) is 11.5. The van der Waals surface area contributed by atoms with Crippen LogP contribution in [0.15, 0.2) is 18.2 Å². The molecule has 13 heavy (non-hydrogen) atoms. The molecule has 0 aromatic heterocycles. The lowest BCUT2D eigenvalue weighted by Crippen LogP contribution is -1.95. The van der Waals surface area contributed by atoms with Crippen LogP contribution in [0.2, 0.25) is 5.02 Å². The van der Waals surface area contributed by atoms with Gasteiger partial charge >= 0.3 is 0 Å². The largest absolute Gasteiger partial charge is 0.508 e. The molecule has 3 nitrogen and oxygen atoms in total. The highest BCUT2D eigenvalue weighted by atomic mass is 35.7. The topological polar surface area (TPSA) is 54.4 Å². The van der Waals surface area contributed by atoms with Gasteiger partial charge in [0.25, 0.3) is 0 Å². The van der Waals surface area contributed by atoms with Gasteiger partial charge in [0.05, 0.1) is 5.75 Å². The van der Waals surface area contributed by atoms with Crippen molar-refractivity contribution in [1.82, 2.24) is 0 Å². The maximum absolute atomic E-state index is 10.7. The fraction of sp³-hybridized carbons (Fsp3) is 0.143. The Hall–Kier alpha value is -0.450. The smallest absolute Gasteiger partial charge is 0.236 e. The molecule has 0 atom stereocenters. The molecule has 0 aliphatic heterocycles. The quantitative estimate of drug-likeness (QED) is 0.807. The Morgan fingerprint density at radius 3 is 2.46 bits per heavy atom. The van der Waals surface area contributed by atoms with Gasteiger partial charge in [-0.05, 0) is 17.7 Å². The molecule has 0 aliphatic rings. The molecule has 0 aliphatic carbocycles. The maximum Gasteiger partial charge on any atom is 0.236 e. The first-order valence-corrected chi connectivity index (χ1v) is 6.14. The molecule has 0 amide bonds. The minimum absolute atomic E-state index is 0.0132. The zero-order valence-corrected chi connectivity index (χ0v) is 8.70. The first-order valence-electron chi connectivity index (χ1n) is 3.28. The Bertz CT molecular complexity index is 414. The van der Waals surface area contributed by atoms with Crippen molar-refractivity contribution in [2.45, 2.75) is 5.75 Å². The van der Waals surface area contributed by atoms with Gasteiger partial charge in [-0.1, -0.05) is 17.7 Å². The number of aromatic hydroxyl groups is 1. The van der Waals surface area contributed by atoms with E-state index in [1.165, 1.54) is 18.2 Å². The van der Waals surface area contributed by atoms with Crippen molar-refractivity contribution in [3.63, 3.8) is 0 Å². The van der Waals surface area contributed by atoms with E-state index in [1.54, 1.807) is 0 Å². The van der Waals surface area contributed by atoms with Gasteiger partial charge in [-0.25, -0.2) is 8.42 Å². The second-order valence-electron chi connectivity index (χ2n) is 2.46. The summed E-state index contributed by atoms with van der Waals surface area (Å²) in [6.45, 7) is 0. The Labute approximate surface area is 85.3 Å². The summed E-state index contributed by atoms with van der Waals surface area (Å²) in [5.41, 5.74) is 0.370. The third-order valence-electron chi connectivity index (χ3n) is 1.36. The summed E-state index contributed by atoms with van der Waals surface area (Å²) in [6, 6.07) is 4.03. The number of benzene rings is 1.